The Morgan fingerprint density at radius 3 is 2.46 bits per heavy atom. The summed E-state index contributed by atoms with van der Waals surface area (Å²) in [6, 6.07) is 0. The number of rotatable bonds is 4. The van der Waals surface area contributed by atoms with E-state index >= 15 is 0 Å². The normalized spacial score (nSPS) is 10.5. The fourth-order valence-corrected chi connectivity index (χ4v) is 0.619. The van der Waals surface area contributed by atoms with Gasteiger partial charge >= 0.3 is 11.9 Å². The van der Waals surface area contributed by atoms with Crippen molar-refractivity contribution in [3.8, 4) is 0 Å². The van der Waals surface area contributed by atoms with Crippen LogP contribution in [0, 0.1) is 0 Å². The second kappa shape index (κ2) is 6.05. The van der Waals surface area contributed by atoms with Crippen molar-refractivity contribution < 1.29 is 19.1 Å². The molecular formula is C8H13NO4. The quantitative estimate of drug-likeness (QED) is 0.489. The van der Waals surface area contributed by atoms with Gasteiger partial charge in [0.1, 0.15) is 5.70 Å². The van der Waals surface area contributed by atoms with Gasteiger partial charge in [-0.2, -0.15) is 0 Å². The molecule has 13 heavy (non-hydrogen) atoms. The highest BCUT2D eigenvalue weighted by molar-refractivity contribution is 5.95. The van der Waals surface area contributed by atoms with Gasteiger partial charge < -0.3 is 14.8 Å². The number of nitrogens with one attached hydrogen (secondary N) is 1. The van der Waals surface area contributed by atoms with Crippen molar-refractivity contribution in [3.05, 3.63) is 11.8 Å². The summed E-state index contributed by atoms with van der Waals surface area (Å²) in [6.07, 6.45) is 1.04. The van der Waals surface area contributed by atoms with Crippen LogP contribution >= 0.6 is 0 Å². The minimum Gasteiger partial charge on any atom is -0.466 e. The van der Waals surface area contributed by atoms with Gasteiger partial charge in [-0.25, -0.2) is 9.59 Å². The van der Waals surface area contributed by atoms with Crippen LogP contribution < -0.4 is 5.32 Å². The number of esters is 2. The van der Waals surface area contributed by atoms with Gasteiger partial charge in [0.05, 0.1) is 19.8 Å². The summed E-state index contributed by atoms with van der Waals surface area (Å²) in [5, 5.41) is 2.54. The lowest BCUT2D eigenvalue weighted by molar-refractivity contribution is -0.140. The standard InChI is InChI=1S/C8H13NO4/c1-4-13-8(11)6(9-2)5-7(10)12-3/h5,9H,4H2,1-3H3/b6-5-. The van der Waals surface area contributed by atoms with Crippen LogP contribution in [0.15, 0.2) is 11.8 Å². The first-order chi connectivity index (χ1) is 6.15. The third-order valence-electron chi connectivity index (χ3n) is 1.23. The Labute approximate surface area is 76.7 Å². The van der Waals surface area contributed by atoms with Gasteiger partial charge in [0, 0.05) is 7.05 Å². The molecule has 74 valence electrons. The lowest BCUT2D eigenvalue weighted by Gasteiger charge is -2.04. The second-order valence-electron chi connectivity index (χ2n) is 2.05. The Kier molecular flexibility index (Phi) is 5.34. The lowest BCUT2D eigenvalue weighted by atomic mass is 10.4. The molecule has 5 heteroatoms. The summed E-state index contributed by atoms with van der Waals surface area (Å²) in [4.78, 5) is 21.8. The van der Waals surface area contributed by atoms with Crippen molar-refractivity contribution in [2.24, 2.45) is 0 Å². The Bertz CT molecular complexity index is 222. The average Bonchev–Trinajstić information content (AvgIpc) is 2.14. The number of hydrogen-bond donors (Lipinski definition) is 1. The van der Waals surface area contributed by atoms with Crippen molar-refractivity contribution in [2.75, 3.05) is 20.8 Å². The van der Waals surface area contributed by atoms with E-state index in [1.165, 1.54) is 14.2 Å². The topological polar surface area (TPSA) is 64.6 Å². The Morgan fingerprint density at radius 1 is 1.46 bits per heavy atom. The molecule has 0 bridgehead atoms. The van der Waals surface area contributed by atoms with Gasteiger partial charge in [-0.1, -0.05) is 0 Å². The van der Waals surface area contributed by atoms with Crippen molar-refractivity contribution in [3.63, 3.8) is 0 Å². The molecule has 0 aromatic heterocycles. The summed E-state index contributed by atoms with van der Waals surface area (Å²) in [5.41, 5.74) is 0.0775. The summed E-state index contributed by atoms with van der Waals surface area (Å²) in [6.45, 7) is 1.95. The SMILES string of the molecule is CCOC(=O)/C(=C/C(=O)OC)NC. The van der Waals surface area contributed by atoms with Crippen LogP contribution in [-0.4, -0.2) is 32.7 Å². The predicted octanol–water partition coefficient (Wildman–Crippen LogP) is -0.174. The van der Waals surface area contributed by atoms with Crippen molar-refractivity contribution in [1.82, 2.24) is 5.32 Å². The van der Waals surface area contributed by atoms with E-state index in [1.54, 1.807) is 6.92 Å². The van der Waals surface area contributed by atoms with Gasteiger partial charge in [0.25, 0.3) is 0 Å². The van der Waals surface area contributed by atoms with Crippen LogP contribution in [0.4, 0.5) is 0 Å². The van der Waals surface area contributed by atoms with E-state index in [9.17, 15) is 9.59 Å². The molecule has 0 rings (SSSR count). The van der Waals surface area contributed by atoms with E-state index < -0.39 is 11.9 Å². The van der Waals surface area contributed by atoms with Crippen LogP contribution in [0.5, 0.6) is 0 Å². The summed E-state index contributed by atoms with van der Waals surface area (Å²) in [7, 11) is 2.75. The number of hydrogen-bond acceptors (Lipinski definition) is 5. The minimum atomic E-state index is -0.600. The highest BCUT2D eigenvalue weighted by Gasteiger charge is 2.10. The highest BCUT2D eigenvalue weighted by Crippen LogP contribution is 1.93. The highest BCUT2D eigenvalue weighted by atomic mass is 16.5. The Morgan fingerprint density at radius 2 is 2.08 bits per heavy atom. The molecule has 1 N–H and O–H groups in total. The lowest BCUT2D eigenvalue weighted by Crippen LogP contribution is -2.20. The Balaban J connectivity index is 4.40. The van der Waals surface area contributed by atoms with Gasteiger partial charge in [0.2, 0.25) is 0 Å². The van der Waals surface area contributed by atoms with E-state index in [-0.39, 0.29) is 12.3 Å². The molecule has 0 fully saturated rings. The number of carbonyl (C=O) groups is 2. The molecule has 0 aliphatic heterocycles. The van der Waals surface area contributed by atoms with Gasteiger partial charge in [-0.3, -0.25) is 0 Å². The number of ether oxygens (including phenoxy) is 2. The summed E-state index contributed by atoms with van der Waals surface area (Å²) < 4.78 is 9.01. The van der Waals surface area contributed by atoms with E-state index in [0.29, 0.717) is 0 Å². The summed E-state index contributed by atoms with van der Waals surface area (Å²) in [5.74, 6) is -1.17. The molecule has 5 nitrogen and oxygen atoms in total. The maximum Gasteiger partial charge on any atom is 0.354 e. The zero-order chi connectivity index (χ0) is 10.3. The predicted molar refractivity (Wildman–Crippen MR) is 45.8 cm³/mol. The molecular weight excluding hydrogens is 174 g/mol. The maximum absolute atomic E-state index is 11.1. The molecule has 0 spiro atoms. The second-order valence-corrected chi connectivity index (χ2v) is 2.05. The van der Waals surface area contributed by atoms with E-state index in [1.807, 2.05) is 0 Å². The molecule has 0 aromatic carbocycles. The van der Waals surface area contributed by atoms with Crippen LogP contribution in [0.2, 0.25) is 0 Å². The minimum absolute atomic E-state index is 0.0775. The van der Waals surface area contributed by atoms with Crippen molar-refractivity contribution >= 4 is 11.9 Å². The first kappa shape index (κ1) is 11.5. The van der Waals surface area contributed by atoms with Crippen LogP contribution in [0.1, 0.15) is 6.92 Å². The average molecular weight is 187 g/mol. The molecule has 0 aliphatic carbocycles. The van der Waals surface area contributed by atoms with Crippen LogP contribution in [-0.2, 0) is 19.1 Å². The molecule has 0 amide bonds. The molecule has 0 radical (unpaired) electrons. The summed E-state index contributed by atoms with van der Waals surface area (Å²) >= 11 is 0. The van der Waals surface area contributed by atoms with Gasteiger partial charge in [0.15, 0.2) is 0 Å². The molecule has 0 atom stereocenters. The fraction of sp³-hybridized carbons (Fsp3) is 0.500. The van der Waals surface area contributed by atoms with Crippen LogP contribution in [0.25, 0.3) is 0 Å². The first-order valence-electron chi connectivity index (χ1n) is 3.80. The monoisotopic (exact) mass is 187 g/mol. The molecule has 0 saturated heterocycles. The van der Waals surface area contributed by atoms with Gasteiger partial charge in [-0.05, 0) is 6.92 Å². The maximum atomic E-state index is 11.1. The van der Waals surface area contributed by atoms with Crippen molar-refractivity contribution in [1.29, 1.82) is 0 Å². The third-order valence-corrected chi connectivity index (χ3v) is 1.23. The molecule has 0 heterocycles. The van der Waals surface area contributed by atoms with Crippen LogP contribution in [0.3, 0.4) is 0 Å². The van der Waals surface area contributed by atoms with Crippen molar-refractivity contribution in [2.45, 2.75) is 6.92 Å². The van der Waals surface area contributed by atoms with E-state index in [4.69, 9.17) is 0 Å². The molecule has 0 aliphatic rings. The third kappa shape index (κ3) is 4.15. The smallest absolute Gasteiger partial charge is 0.354 e. The number of carbonyl (C=O) groups excluding carboxylic acids is 2. The first-order valence-corrected chi connectivity index (χ1v) is 3.80. The van der Waals surface area contributed by atoms with E-state index in [0.717, 1.165) is 6.08 Å². The molecule has 0 aromatic rings. The zero-order valence-electron chi connectivity index (χ0n) is 7.92. The number of likely N-dealkylation sites (N-methyl/N-ethyl adjacent to an activating group) is 1. The largest absolute Gasteiger partial charge is 0.466 e. The molecule has 0 saturated carbocycles. The Hall–Kier alpha value is -1.52. The fourth-order valence-electron chi connectivity index (χ4n) is 0.619. The zero-order valence-corrected chi connectivity index (χ0v) is 7.92. The number of methoxy groups -OCH3 is 1. The van der Waals surface area contributed by atoms with Gasteiger partial charge in [-0.15, -0.1) is 0 Å². The van der Waals surface area contributed by atoms with E-state index in [2.05, 4.69) is 14.8 Å². The molecule has 0 unspecified atom stereocenters.